The minimum Gasteiger partial charge on any atom is -0.395 e. The number of halogens is 1. The van der Waals surface area contributed by atoms with E-state index in [1.807, 2.05) is 73.8 Å². The van der Waals surface area contributed by atoms with Crippen LogP contribution in [0.5, 0.6) is 0 Å². The number of fused-ring (bicyclic) bond motifs is 1. The number of anilines is 1. The molecule has 33 heavy (non-hydrogen) atoms. The molecule has 3 aromatic rings. The van der Waals surface area contributed by atoms with Crippen molar-refractivity contribution >= 4 is 27.5 Å². The number of carbonyl (C=O) groups is 1. The maximum absolute atomic E-state index is 12.9. The molecule has 0 bridgehead atoms. The number of hydrogen-bond donors (Lipinski definition) is 2. The maximum atomic E-state index is 12.9. The molecule has 0 radical (unpaired) electrons. The van der Waals surface area contributed by atoms with Crippen molar-refractivity contribution in [2.24, 2.45) is 5.92 Å². The van der Waals surface area contributed by atoms with Crippen molar-refractivity contribution in [2.75, 3.05) is 18.6 Å². The van der Waals surface area contributed by atoms with Gasteiger partial charge in [-0.15, -0.1) is 5.10 Å². The van der Waals surface area contributed by atoms with Gasteiger partial charge in [0, 0.05) is 35.7 Å². The summed E-state index contributed by atoms with van der Waals surface area (Å²) < 4.78 is 2.56. The average Bonchev–Trinajstić information content (AvgIpc) is 3.36. The number of aliphatic hydroxyl groups excluding tert-OH is 1. The molecule has 3 atom stereocenters. The van der Waals surface area contributed by atoms with Gasteiger partial charge < -0.3 is 15.1 Å². The summed E-state index contributed by atoms with van der Waals surface area (Å²) >= 11 is 3.44. The molecule has 1 aromatic heterocycles. The smallest absolute Gasteiger partial charge is 0.264 e. The van der Waals surface area contributed by atoms with E-state index in [1.54, 1.807) is 11.7 Å². The van der Waals surface area contributed by atoms with Gasteiger partial charge in [-0.3, -0.25) is 9.48 Å². The lowest BCUT2D eigenvalue weighted by molar-refractivity contribution is -0.139. The largest absolute Gasteiger partial charge is 0.395 e. The van der Waals surface area contributed by atoms with Crippen LogP contribution in [0.25, 0.3) is 0 Å². The van der Waals surface area contributed by atoms with Crippen molar-refractivity contribution in [2.45, 2.75) is 31.4 Å². The average molecular weight is 511 g/mol. The first-order valence-corrected chi connectivity index (χ1v) is 11.7. The molecule has 1 aliphatic heterocycles. The summed E-state index contributed by atoms with van der Waals surface area (Å²) in [7, 11) is 1.68. The summed E-state index contributed by atoms with van der Waals surface area (Å²) in [6.45, 7) is 2.40. The number of aromatic nitrogens is 3. The van der Waals surface area contributed by atoms with Crippen LogP contribution in [0.3, 0.4) is 0 Å². The number of likely N-dealkylation sites (N-methyl/N-ethyl adjacent to an activating group) is 1. The van der Waals surface area contributed by atoms with Gasteiger partial charge >= 0.3 is 0 Å². The van der Waals surface area contributed by atoms with Crippen LogP contribution in [-0.4, -0.2) is 44.8 Å². The highest BCUT2D eigenvalue weighted by Gasteiger charge is 2.51. The molecule has 0 saturated carbocycles. The van der Waals surface area contributed by atoms with Crippen molar-refractivity contribution in [3.8, 4) is 0 Å². The maximum Gasteiger partial charge on any atom is 0.264 e. The van der Waals surface area contributed by atoms with Gasteiger partial charge in [0.15, 0.2) is 5.60 Å². The van der Waals surface area contributed by atoms with E-state index in [1.165, 1.54) is 4.90 Å². The lowest BCUT2D eigenvalue weighted by atomic mass is 9.83. The third-order valence-corrected chi connectivity index (χ3v) is 6.76. The highest BCUT2D eigenvalue weighted by molar-refractivity contribution is 9.10. The van der Waals surface area contributed by atoms with Gasteiger partial charge in [-0.05, 0) is 30.2 Å². The lowest BCUT2D eigenvalue weighted by Gasteiger charge is -2.27. The van der Waals surface area contributed by atoms with Crippen LogP contribution in [0.4, 0.5) is 5.69 Å². The molecule has 1 aliphatic rings. The van der Waals surface area contributed by atoms with Crippen molar-refractivity contribution < 1.29 is 15.0 Å². The zero-order valence-electron chi connectivity index (χ0n) is 18.6. The minimum absolute atomic E-state index is 0.0429. The zero-order chi connectivity index (χ0) is 23.6. The summed E-state index contributed by atoms with van der Waals surface area (Å²) in [6.07, 6.45) is 6.34. The molecular formula is C25H27BrN4O3. The molecular weight excluding hydrogens is 484 g/mol. The van der Waals surface area contributed by atoms with Crippen molar-refractivity contribution in [3.05, 3.63) is 88.2 Å². The summed E-state index contributed by atoms with van der Waals surface area (Å²) in [5.41, 5.74) is 1.44. The van der Waals surface area contributed by atoms with Gasteiger partial charge in [-0.25, -0.2) is 0 Å². The number of carbonyl (C=O) groups excluding carboxylic acids is 1. The van der Waals surface area contributed by atoms with E-state index in [0.29, 0.717) is 18.5 Å². The van der Waals surface area contributed by atoms with E-state index in [-0.39, 0.29) is 18.4 Å². The van der Waals surface area contributed by atoms with Crippen LogP contribution in [0.1, 0.15) is 36.1 Å². The Kier molecular flexibility index (Phi) is 6.78. The van der Waals surface area contributed by atoms with Crippen molar-refractivity contribution in [1.29, 1.82) is 0 Å². The number of aryl methyl sites for hydroxylation is 1. The molecule has 2 aromatic carbocycles. The standard InChI is InChI=1S/C25H27BrN4O3/c1-17(25(33)21-14-19(26)11-12-23(21)29(2)24(25)32)8-6-7-13-30-15-22(27-28-30)20(16-31)18-9-4-3-5-10-18/h3-6,8-12,14-15,17,20,31,33H,7,13,16H2,1-2H3/b8-6+/t17-,20?,25+/m1/s1. The predicted octanol–water partition coefficient (Wildman–Crippen LogP) is 3.61. The van der Waals surface area contributed by atoms with E-state index in [2.05, 4.69) is 26.2 Å². The quantitative estimate of drug-likeness (QED) is 0.451. The normalized spacial score (nSPS) is 19.8. The fourth-order valence-electron chi connectivity index (χ4n) is 4.31. The molecule has 1 unspecified atom stereocenters. The second-order valence-corrected chi connectivity index (χ2v) is 9.27. The van der Waals surface area contributed by atoms with Gasteiger partial charge in [-0.1, -0.05) is 70.6 Å². The molecule has 2 N–H and O–H groups in total. The number of nitrogens with zero attached hydrogens (tertiary/aromatic N) is 4. The van der Waals surface area contributed by atoms with Crippen LogP contribution in [0, 0.1) is 5.92 Å². The number of benzene rings is 2. The molecule has 0 aliphatic carbocycles. The van der Waals surface area contributed by atoms with Crippen LogP contribution in [0.2, 0.25) is 0 Å². The molecule has 1 amide bonds. The Bertz CT molecular complexity index is 1160. The monoisotopic (exact) mass is 510 g/mol. The number of hydrogen-bond acceptors (Lipinski definition) is 5. The van der Waals surface area contributed by atoms with Crippen LogP contribution in [-0.2, 0) is 16.9 Å². The Morgan fingerprint density at radius 2 is 1.97 bits per heavy atom. The molecule has 4 rings (SSSR count). The second kappa shape index (κ2) is 9.59. The first-order valence-electron chi connectivity index (χ1n) is 10.9. The topological polar surface area (TPSA) is 91.5 Å². The van der Waals surface area contributed by atoms with Gasteiger partial charge in [0.25, 0.3) is 5.91 Å². The SMILES string of the molecule is C[C@H](/C=C/CCn1cc(C(CO)c2ccccc2)nn1)[C@@]1(O)C(=O)N(C)c2ccc(Br)cc21. The van der Waals surface area contributed by atoms with Crippen LogP contribution < -0.4 is 4.90 Å². The predicted molar refractivity (Wildman–Crippen MR) is 130 cm³/mol. The molecule has 0 spiro atoms. The Balaban J connectivity index is 1.42. The Hall–Kier alpha value is -2.81. The Morgan fingerprint density at radius 1 is 1.21 bits per heavy atom. The Morgan fingerprint density at radius 3 is 2.70 bits per heavy atom. The summed E-state index contributed by atoms with van der Waals surface area (Å²) in [5.74, 6) is -0.953. The highest BCUT2D eigenvalue weighted by atomic mass is 79.9. The van der Waals surface area contributed by atoms with Gasteiger partial charge in [0.2, 0.25) is 0 Å². The summed E-state index contributed by atoms with van der Waals surface area (Å²) in [4.78, 5) is 14.4. The van der Waals surface area contributed by atoms with E-state index < -0.39 is 11.5 Å². The van der Waals surface area contributed by atoms with E-state index in [4.69, 9.17) is 0 Å². The van der Waals surface area contributed by atoms with Crippen LogP contribution in [0.15, 0.2) is 71.4 Å². The lowest BCUT2D eigenvalue weighted by Crippen LogP contribution is -2.43. The Labute approximate surface area is 201 Å². The van der Waals surface area contributed by atoms with Gasteiger partial charge in [0.05, 0.1) is 23.9 Å². The number of rotatable bonds is 8. The van der Waals surface area contributed by atoms with E-state index >= 15 is 0 Å². The van der Waals surface area contributed by atoms with Crippen LogP contribution >= 0.6 is 15.9 Å². The summed E-state index contributed by atoms with van der Waals surface area (Å²) in [6, 6.07) is 15.2. The highest BCUT2D eigenvalue weighted by Crippen LogP contribution is 2.45. The molecule has 0 fully saturated rings. The fourth-order valence-corrected chi connectivity index (χ4v) is 4.67. The third-order valence-electron chi connectivity index (χ3n) is 6.27. The number of amides is 1. The molecule has 2 heterocycles. The van der Waals surface area contributed by atoms with E-state index in [0.717, 1.165) is 21.4 Å². The first-order chi connectivity index (χ1) is 15.9. The molecule has 8 heteroatoms. The third kappa shape index (κ3) is 4.38. The van der Waals surface area contributed by atoms with Crippen molar-refractivity contribution in [1.82, 2.24) is 15.0 Å². The van der Waals surface area contributed by atoms with Gasteiger partial charge in [0.1, 0.15) is 0 Å². The van der Waals surface area contributed by atoms with E-state index in [9.17, 15) is 15.0 Å². The first kappa shape index (κ1) is 23.4. The molecule has 172 valence electrons. The summed E-state index contributed by atoms with van der Waals surface area (Å²) in [5, 5.41) is 29.6. The molecule has 7 nitrogen and oxygen atoms in total. The fraction of sp³-hybridized carbons (Fsp3) is 0.320. The number of aliphatic hydroxyl groups is 2. The second-order valence-electron chi connectivity index (χ2n) is 8.35. The zero-order valence-corrected chi connectivity index (χ0v) is 20.2. The number of allylic oxidation sites excluding steroid dienone is 1. The minimum atomic E-state index is -1.60. The van der Waals surface area contributed by atoms with Crippen molar-refractivity contribution in [3.63, 3.8) is 0 Å². The molecule has 0 saturated heterocycles. The van der Waals surface area contributed by atoms with Gasteiger partial charge in [-0.2, -0.15) is 0 Å².